The van der Waals surface area contributed by atoms with E-state index < -0.39 is 0 Å². The molecular weight excluding hydrogens is 120 g/mol. The Morgan fingerprint density at radius 3 is 3.00 bits per heavy atom. The van der Waals surface area contributed by atoms with Gasteiger partial charge in [0, 0.05) is 0 Å². The summed E-state index contributed by atoms with van der Waals surface area (Å²) < 4.78 is 0. The minimum absolute atomic E-state index is 0.931. The molecule has 0 spiro atoms. The highest BCUT2D eigenvalue weighted by molar-refractivity contribution is 5.13. The van der Waals surface area contributed by atoms with Crippen LogP contribution in [0.3, 0.4) is 0 Å². The van der Waals surface area contributed by atoms with Gasteiger partial charge in [0.2, 0.25) is 0 Å². The van der Waals surface area contributed by atoms with E-state index >= 15 is 0 Å². The molecule has 0 atom stereocenters. The monoisotopic (exact) mass is 130 g/mol. The molecule has 0 saturated heterocycles. The van der Waals surface area contributed by atoms with Crippen LogP contribution in [0.1, 0.15) is 12.0 Å². The smallest absolute Gasteiger partial charge is 0.0149 e. The molecule has 0 aliphatic heterocycles. The Bertz CT molecular complexity index is 186. The SMILES string of the molecule is [CH]=CCCc1[c]cccc1. The molecular formula is C10H10. The second-order valence-corrected chi connectivity index (χ2v) is 2.16. The highest BCUT2D eigenvalue weighted by atomic mass is 13.9. The summed E-state index contributed by atoms with van der Waals surface area (Å²) in [6, 6.07) is 11.1. The second kappa shape index (κ2) is 3.89. The third-order valence-electron chi connectivity index (χ3n) is 1.35. The average Bonchev–Trinajstić information content (AvgIpc) is 2.03. The van der Waals surface area contributed by atoms with Crippen molar-refractivity contribution in [2.75, 3.05) is 0 Å². The highest BCUT2D eigenvalue weighted by Crippen LogP contribution is 2.00. The zero-order valence-electron chi connectivity index (χ0n) is 5.88. The van der Waals surface area contributed by atoms with E-state index in [1.165, 1.54) is 5.56 Å². The van der Waals surface area contributed by atoms with Gasteiger partial charge in [-0.2, -0.15) is 0 Å². The van der Waals surface area contributed by atoms with Gasteiger partial charge in [0.15, 0.2) is 0 Å². The van der Waals surface area contributed by atoms with E-state index in [1.807, 2.05) is 18.2 Å². The normalized spacial score (nSPS) is 9.20. The van der Waals surface area contributed by atoms with E-state index in [-0.39, 0.29) is 0 Å². The predicted molar refractivity (Wildman–Crippen MR) is 42.5 cm³/mol. The molecule has 1 aromatic carbocycles. The number of hydrogen-bond donors (Lipinski definition) is 0. The molecule has 0 heterocycles. The van der Waals surface area contributed by atoms with E-state index in [1.54, 1.807) is 6.08 Å². The van der Waals surface area contributed by atoms with Gasteiger partial charge in [-0.1, -0.05) is 36.9 Å². The Kier molecular flexibility index (Phi) is 2.75. The van der Waals surface area contributed by atoms with Crippen molar-refractivity contribution in [3.05, 3.63) is 48.6 Å². The second-order valence-electron chi connectivity index (χ2n) is 2.16. The van der Waals surface area contributed by atoms with Crippen LogP contribution in [0.5, 0.6) is 0 Å². The Morgan fingerprint density at radius 2 is 2.40 bits per heavy atom. The third-order valence-corrected chi connectivity index (χ3v) is 1.35. The predicted octanol–water partition coefficient (Wildman–Crippen LogP) is 2.41. The zero-order valence-corrected chi connectivity index (χ0v) is 5.88. The van der Waals surface area contributed by atoms with Crippen LogP contribution >= 0.6 is 0 Å². The first-order valence-electron chi connectivity index (χ1n) is 3.42. The summed E-state index contributed by atoms with van der Waals surface area (Å²) in [7, 11) is 0. The van der Waals surface area contributed by atoms with Crippen molar-refractivity contribution in [3.8, 4) is 0 Å². The lowest BCUT2D eigenvalue weighted by Crippen LogP contribution is -1.80. The fourth-order valence-electron chi connectivity index (χ4n) is 0.825. The van der Waals surface area contributed by atoms with Gasteiger partial charge in [-0.15, -0.1) is 0 Å². The summed E-state index contributed by atoms with van der Waals surface area (Å²) in [5.41, 5.74) is 1.23. The van der Waals surface area contributed by atoms with Crippen molar-refractivity contribution >= 4 is 0 Å². The van der Waals surface area contributed by atoms with E-state index in [4.69, 9.17) is 6.58 Å². The van der Waals surface area contributed by atoms with Crippen molar-refractivity contribution in [2.45, 2.75) is 12.8 Å². The molecule has 0 N–H and O–H groups in total. The van der Waals surface area contributed by atoms with Crippen LogP contribution in [-0.4, -0.2) is 0 Å². The molecule has 0 bridgehead atoms. The molecule has 0 amide bonds. The number of aryl methyl sites for hydroxylation is 1. The van der Waals surface area contributed by atoms with Crippen LogP contribution in [0.4, 0.5) is 0 Å². The van der Waals surface area contributed by atoms with Crippen LogP contribution in [0.25, 0.3) is 0 Å². The molecule has 0 unspecified atom stereocenters. The lowest BCUT2D eigenvalue weighted by molar-refractivity contribution is 1.00. The summed E-state index contributed by atoms with van der Waals surface area (Å²) in [6.45, 7) is 5.24. The van der Waals surface area contributed by atoms with Crippen molar-refractivity contribution in [1.82, 2.24) is 0 Å². The molecule has 0 fully saturated rings. The van der Waals surface area contributed by atoms with Gasteiger partial charge in [-0.05, 0) is 24.5 Å². The van der Waals surface area contributed by atoms with Crippen molar-refractivity contribution < 1.29 is 0 Å². The first kappa shape index (κ1) is 7.07. The van der Waals surface area contributed by atoms with E-state index in [2.05, 4.69) is 12.1 Å². The summed E-state index contributed by atoms with van der Waals surface area (Å²) >= 11 is 0. The van der Waals surface area contributed by atoms with E-state index in [0.29, 0.717) is 0 Å². The quantitative estimate of drug-likeness (QED) is 0.589. The Labute approximate surface area is 62.2 Å². The molecule has 50 valence electrons. The van der Waals surface area contributed by atoms with Gasteiger partial charge in [0.25, 0.3) is 0 Å². The standard InChI is InChI=1S/C10H10/c1-2-3-7-10-8-5-4-6-9-10/h1-2,4-6,8H,3,7H2. The minimum atomic E-state index is 0.931. The van der Waals surface area contributed by atoms with Crippen LogP contribution in [0, 0.1) is 12.6 Å². The molecule has 10 heavy (non-hydrogen) atoms. The Balaban J connectivity index is 2.50. The highest BCUT2D eigenvalue weighted by Gasteiger charge is 1.86. The largest absolute Gasteiger partial charge is 0.0842 e. The Hall–Kier alpha value is -1.04. The van der Waals surface area contributed by atoms with Crippen molar-refractivity contribution in [1.29, 1.82) is 0 Å². The molecule has 0 nitrogen and oxygen atoms in total. The Morgan fingerprint density at radius 1 is 1.50 bits per heavy atom. The molecule has 0 heteroatoms. The maximum absolute atomic E-state index is 5.24. The third kappa shape index (κ3) is 2.06. The first-order valence-corrected chi connectivity index (χ1v) is 3.42. The van der Waals surface area contributed by atoms with Crippen LogP contribution < -0.4 is 0 Å². The molecule has 1 aromatic rings. The van der Waals surface area contributed by atoms with Crippen molar-refractivity contribution in [2.24, 2.45) is 0 Å². The maximum Gasteiger partial charge on any atom is -0.0149 e. The number of hydrogen-bond acceptors (Lipinski definition) is 0. The van der Waals surface area contributed by atoms with Gasteiger partial charge in [-0.3, -0.25) is 0 Å². The van der Waals surface area contributed by atoms with Crippen molar-refractivity contribution in [3.63, 3.8) is 0 Å². The fourth-order valence-corrected chi connectivity index (χ4v) is 0.825. The average molecular weight is 130 g/mol. The van der Waals surface area contributed by atoms with Gasteiger partial charge in [0.1, 0.15) is 0 Å². The van der Waals surface area contributed by atoms with Gasteiger partial charge < -0.3 is 0 Å². The lowest BCUT2D eigenvalue weighted by Gasteiger charge is -1.93. The van der Waals surface area contributed by atoms with Gasteiger partial charge >= 0.3 is 0 Å². The number of benzene rings is 1. The summed E-state index contributed by atoms with van der Waals surface area (Å²) in [6.07, 6.45) is 3.61. The van der Waals surface area contributed by atoms with Crippen LogP contribution in [0.15, 0.2) is 30.3 Å². The molecule has 0 aliphatic carbocycles. The van der Waals surface area contributed by atoms with Gasteiger partial charge in [0.05, 0.1) is 0 Å². The van der Waals surface area contributed by atoms with Crippen LogP contribution in [-0.2, 0) is 6.42 Å². The van der Waals surface area contributed by atoms with E-state index in [9.17, 15) is 0 Å². The minimum Gasteiger partial charge on any atom is -0.0842 e. The van der Waals surface area contributed by atoms with Gasteiger partial charge in [-0.25, -0.2) is 0 Å². The molecule has 1 rings (SSSR count). The number of rotatable bonds is 3. The summed E-state index contributed by atoms with van der Waals surface area (Å²) in [5.74, 6) is 0. The summed E-state index contributed by atoms with van der Waals surface area (Å²) in [4.78, 5) is 0. The molecule has 0 saturated carbocycles. The molecule has 2 radical (unpaired) electrons. The lowest BCUT2D eigenvalue weighted by atomic mass is 10.1. The van der Waals surface area contributed by atoms with Crippen LogP contribution in [0.2, 0.25) is 0 Å². The fraction of sp³-hybridized carbons (Fsp3) is 0.200. The topological polar surface area (TPSA) is 0 Å². The molecule has 0 aliphatic rings. The van der Waals surface area contributed by atoms with E-state index in [0.717, 1.165) is 12.8 Å². The summed E-state index contributed by atoms with van der Waals surface area (Å²) in [5, 5.41) is 0. The maximum atomic E-state index is 5.24. The number of allylic oxidation sites excluding steroid dienone is 1. The molecule has 0 aromatic heterocycles. The zero-order chi connectivity index (χ0) is 7.23. The first-order chi connectivity index (χ1) is 4.93.